The Balaban J connectivity index is 1.72. The van der Waals surface area contributed by atoms with Crippen LogP contribution in [-0.4, -0.2) is 38.5 Å². The lowest BCUT2D eigenvalue weighted by Gasteiger charge is -2.16. The molecule has 0 radical (unpaired) electrons. The largest absolute Gasteiger partial charge is 0.351 e. The van der Waals surface area contributed by atoms with Crippen LogP contribution >= 0.6 is 0 Å². The lowest BCUT2D eigenvalue weighted by molar-refractivity contribution is -0.862. The molecule has 1 unspecified atom stereocenters. The molecule has 138 valence electrons. The van der Waals surface area contributed by atoms with Gasteiger partial charge in [0.1, 0.15) is 5.82 Å². The van der Waals surface area contributed by atoms with Gasteiger partial charge in [0.2, 0.25) is 0 Å². The van der Waals surface area contributed by atoms with Crippen molar-refractivity contribution in [2.75, 3.05) is 32.0 Å². The summed E-state index contributed by atoms with van der Waals surface area (Å²) in [4.78, 5) is 24.8. The second-order valence-electron chi connectivity index (χ2n) is 6.48. The monoisotopic (exact) mass is 358 g/mol. The number of carbonyl (C=O) groups excluding carboxylic acids is 2. The van der Waals surface area contributed by atoms with Crippen molar-refractivity contribution in [1.29, 1.82) is 0 Å². The highest BCUT2D eigenvalue weighted by molar-refractivity contribution is 5.91. The standard InChI is InChI=1S/C20H24FN3O2/c1-15(16-7-4-3-5-8-16)12-22-19(25)13-24(2)14-20(26)23-18-10-6-9-17(21)11-18/h3-11,15H,12-14H2,1-2H3,(H,22,25)(H,23,26)/p+1/t15-/m1/s1. The third-order valence-corrected chi connectivity index (χ3v) is 4.01. The Bertz CT molecular complexity index is 737. The molecule has 5 nitrogen and oxygen atoms in total. The van der Waals surface area contributed by atoms with Crippen molar-refractivity contribution in [2.45, 2.75) is 12.8 Å². The molecule has 2 rings (SSSR count). The first-order valence-electron chi connectivity index (χ1n) is 8.62. The van der Waals surface area contributed by atoms with Crippen LogP contribution in [0.1, 0.15) is 18.4 Å². The van der Waals surface area contributed by atoms with Crippen molar-refractivity contribution in [1.82, 2.24) is 5.32 Å². The maximum absolute atomic E-state index is 13.1. The molecule has 0 aliphatic rings. The minimum Gasteiger partial charge on any atom is -0.351 e. The zero-order chi connectivity index (χ0) is 18.9. The predicted octanol–water partition coefficient (Wildman–Crippen LogP) is 1.20. The Labute approximate surface area is 153 Å². The molecule has 0 aromatic heterocycles. The van der Waals surface area contributed by atoms with E-state index < -0.39 is 5.82 Å². The summed E-state index contributed by atoms with van der Waals surface area (Å²) in [6.07, 6.45) is 0. The molecule has 0 heterocycles. The second-order valence-corrected chi connectivity index (χ2v) is 6.48. The fraction of sp³-hybridized carbons (Fsp3) is 0.300. The zero-order valence-corrected chi connectivity index (χ0v) is 15.1. The van der Waals surface area contributed by atoms with E-state index in [0.29, 0.717) is 12.2 Å². The van der Waals surface area contributed by atoms with E-state index in [1.807, 2.05) is 30.3 Å². The number of carbonyl (C=O) groups is 2. The van der Waals surface area contributed by atoms with Crippen molar-refractivity contribution in [3.05, 3.63) is 66.0 Å². The van der Waals surface area contributed by atoms with Gasteiger partial charge < -0.3 is 15.5 Å². The molecule has 0 aliphatic heterocycles. The van der Waals surface area contributed by atoms with Gasteiger partial charge in [-0.1, -0.05) is 43.3 Å². The molecule has 0 fully saturated rings. The molecule has 3 N–H and O–H groups in total. The quantitative estimate of drug-likeness (QED) is 0.664. The van der Waals surface area contributed by atoms with Gasteiger partial charge in [0.05, 0.1) is 7.05 Å². The Morgan fingerprint density at radius 2 is 1.73 bits per heavy atom. The van der Waals surface area contributed by atoms with Crippen LogP contribution in [0.5, 0.6) is 0 Å². The first kappa shape index (κ1) is 19.6. The molecule has 2 aromatic rings. The van der Waals surface area contributed by atoms with Crippen LogP contribution in [0.25, 0.3) is 0 Å². The number of benzene rings is 2. The lowest BCUT2D eigenvalue weighted by atomic mass is 10.0. The zero-order valence-electron chi connectivity index (χ0n) is 15.1. The van der Waals surface area contributed by atoms with Crippen molar-refractivity contribution >= 4 is 17.5 Å². The van der Waals surface area contributed by atoms with E-state index in [1.165, 1.54) is 23.8 Å². The fourth-order valence-corrected chi connectivity index (χ4v) is 2.61. The number of rotatable bonds is 8. The second kappa shape index (κ2) is 9.68. The molecule has 0 saturated heterocycles. The molecule has 2 amide bonds. The number of hydrogen-bond donors (Lipinski definition) is 3. The molecule has 2 atom stereocenters. The van der Waals surface area contributed by atoms with Crippen LogP contribution in [0.15, 0.2) is 54.6 Å². The maximum atomic E-state index is 13.1. The fourth-order valence-electron chi connectivity index (χ4n) is 2.61. The van der Waals surface area contributed by atoms with E-state index in [9.17, 15) is 14.0 Å². The van der Waals surface area contributed by atoms with Crippen LogP contribution in [-0.2, 0) is 9.59 Å². The summed E-state index contributed by atoms with van der Waals surface area (Å²) in [5, 5.41) is 5.53. The lowest BCUT2D eigenvalue weighted by Crippen LogP contribution is -3.11. The first-order valence-corrected chi connectivity index (χ1v) is 8.62. The van der Waals surface area contributed by atoms with Gasteiger partial charge in [-0.25, -0.2) is 4.39 Å². The van der Waals surface area contributed by atoms with Crippen LogP contribution < -0.4 is 15.5 Å². The number of halogens is 1. The summed E-state index contributed by atoms with van der Waals surface area (Å²) in [6, 6.07) is 15.7. The van der Waals surface area contributed by atoms with E-state index in [1.54, 1.807) is 13.1 Å². The number of nitrogens with one attached hydrogen (secondary N) is 3. The van der Waals surface area contributed by atoms with Crippen molar-refractivity contribution in [3.8, 4) is 0 Å². The van der Waals surface area contributed by atoms with Crippen molar-refractivity contribution in [2.24, 2.45) is 0 Å². The number of anilines is 1. The molecule has 6 heteroatoms. The Kier molecular flexibility index (Phi) is 7.29. The van der Waals surface area contributed by atoms with Crippen LogP contribution in [0.4, 0.5) is 10.1 Å². The highest BCUT2D eigenvalue weighted by Gasteiger charge is 2.15. The van der Waals surface area contributed by atoms with Gasteiger partial charge in [0.15, 0.2) is 13.1 Å². The van der Waals surface area contributed by atoms with Crippen molar-refractivity contribution in [3.63, 3.8) is 0 Å². The minimum absolute atomic E-state index is 0.108. The van der Waals surface area contributed by atoms with Gasteiger partial charge in [-0.15, -0.1) is 0 Å². The highest BCUT2D eigenvalue weighted by atomic mass is 19.1. The number of likely N-dealkylation sites (N-methyl/N-ethyl adjacent to an activating group) is 1. The Morgan fingerprint density at radius 3 is 2.42 bits per heavy atom. The van der Waals surface area contributed by atoms with E-state index in [-0.39, 0.29) is 30.8 Å². The molecule has 26 heavy (non-hydrogen) atoms. The molecule has 0 aliphatic carbocycles. The summed E-state index contributed by atoms with van der Waals surface area (Å²) < 4.78 is 13.1. The van der Waals surface area contributed by atoms with Gasteiger partial charge in [-0.05, 0) is 29.7 Å². The van der Waals surface area contributed by atoms with Crippen LogP contribution in [0.3, 0.4) is 0 Å². The molecule has 2 aromatic carbocycles. The van der Waals surface area contributed by atoms with Gasteiger partial charge in [0.25, 0.3) is 11.8 Å². The number of amides is 2. The van der Waals surface area contributed by atoms with Crippen LogP contribution in [0.2, 0.25) is 0 Å². The van der Waals surface area contributed by atoms with Crippen molar-refractivity contribution < 1.29 is 18.9 Å². The number of quaternary nitrogens is 1. The summed E-state index contributed by atoms with van der Waals surface area (Å²) in [7, 11) is 1.77. The average Bonchev–Trinajstić information content (AvgIpc) is 2.60. The van der Waals surface area contributed by atoms with Crippen LogP contribution in [0, 0.1) is 5.82 Å². The Hall–Kier alpha value is -2.73. The van der Waals surface area contributed by atoms with E-state index in [4.69, 9.17) is 0 Å². The van der Waals surface area contributed by atoms with Gasteiger partial charge >= 0.3 is 0 Å². The third-order valence-electron chi connectivity index (χ3n) is 4.01. The predicted molar refractivity (Wildman–Crippen MR) is 99.5 cm³/mol. The maximum Gasteiger partial charge on any atom is 0.279 e. The molecular weight excluding hydrogens is 333 g/mol. The van der Waals surface area contributed by atoms with E-state index >= 15 is 0 Å². The molecule has 0 saturated carbocycles. The SMILES string of the molecule is C[C@H](CNC(=O)C[NH+](C)CC(=O)Nc1cccc(F)c1)c1ccccc1. The van der Waals surface area contributed by atoms with E-state index in [2.05, 4.69) is 17.6 Å². The first-order chi connectivity index (χ1) is 12.4. The van der Waals surface area contributed by atoms with E-state index in [0.717, 1.165) is 4.90 Å². The summed E-state index contributed by atoms with van der Waals surface area (Å²) in [6.45, 7) is 2.92. The van der Waals surface area contributed by atoms with Gasteiger partial charge in [0, 0.05) is 12.2 Å². The van der Waals surface area contributed by atoms with Gasteiger partial charge in [-0.3, -0.25) is 9.59 Å². The van der Waals surface area contributed by atoms with Gasteiger partial charge in [-0.2, -0.15) is 0 Å². The average molecular weight is 358 g/mol. The third kappa shape index (κ3) is 6.64. The molecule has 0 spiro atoms. The number of hydrogen-bond acceptors (Lipinski definition) is 2. The topological polar surface area (TPSA) is 62.6 Å². The summed E-state index contributed by atoms with van der Waals surface area (Å²) in [5.74, 6) is -0.561. The Morgan fingerprint density at radius 1 is 1.04 bits per heavy atom. The molecule has 0 bridgehead atoms. The molecular formula is C20H25FN3O2+. The summed E-state index contributed by atoms with van der Waals surface area (Å²) >= 11 is 0. The normalized spacial score (nSPS) is 12.9. The minimum atomic E-state index is -0.407. The summed E-state index contributed by atoms with van der Waals surface area (Å²) in [5.41, 5.74) is 1.58. The smallest absolute Gasteiger partial charge is 0.279 e. The highest BCUT2D eigenvalue weighted by Crippen LogP contribution is 2.12.